The second-order valence-electron chi connectivity index (χ2n) is 4.39. The summed E-state index contributed by atoms with van der Waals surface area (Å²) in [6.45, 7) is 0.718. The normalized spacial score (nSPS) is 10.5. The van der Waals surface area contributed by atoms with Crippen LogP contribution in [0.1, 0.15) is 11.4 Å². The van der Waals surface area contributed by atoms with Crippen molar-refractivity contribution in [2.24, 2.45) is 12.8 Å². The molecule has 1 aromatic heterocycles. The summed E-state index contributed by atoms with van der Waals surface area (Å²) >= 11 is 3.44. The summed E-state index contributed by atoms with van der Waals surface area (Å²) in [5.41, 5.74) is 7.24. The van der Waals surface area contributed by atoms with Crippen LogP contribution in [-0.2, 0) is 13.6 Å². The van der Waals surface area contributed by atoms with Crippen LogP contribution >= 0.6 is 15.9 Å². The number of benzene rings is 1. The van der Waals surface area contributed by atoms with Gasteiger partial charge in [-0.2, -0.15) is 0 Å². The minimum Gasteiger partial charge on any atom is -0.384 e. The highest BCUT2D eigenvalue weighted by Gasteiger charge is 2.09. The van der Waals surface area contributed by atoms with Crippen molar-refractivity contribution in [2.75, 3.05) is 11.9 Å². The standard InChI is InChI=1S/C13H16BrN5/c1-18-6-5-17-12(18)8-19(2)9-3-4-10(13(15)16)11(14)7-9/h3-7H,8H2,1-2H3,(H3,15,16). The first-order valence-corrected chi connectivity index (χ1v) is 6.59. The van der Waals surface area contributed by atoms with E-state index < -0.39 is 0 Å². The second-order valence-corrected chi connectivity index (χ2v) is 5.24. The van der Waals surface area contributed by atoms with E-state index in [-0.39, 0.29) is 5.84 Å². The molecule has 0 spiro atoms. The highest BCUT2D eigenvalue weighted by atomic mass is 79.9. The quantitative estimate of drug-likeness (QED) is 0.669. The topological polar surface area (TPSA) is 70.9 Å². The molecule has 1 aromatic carbocycles. The molecule has 0 unspecified atom stereocenters. The van der Waals surface area contributed by atoms with E-state index in [1.165, 1.54) is 0 Å². The largest absolute Gasteiger partial charge is 0.384 e. The molecule has 0 fully saturated rings. The summed E-state index contributed by atoms with van der Waals surface area (Å²) in [5.74, 6) is 1.06. The van der Waals surface area contributed by atoms with Gasteiger partial charge in [-0.1, -0.05) is 0 Å². The van der Waals surface area contributed by atoms with Gasteiger partial charge in [0.1, 0.15) is 11.7 Å². The predicted molar refractivity (Wildman–Crippen MR) is 80.5 cm³/mol. The van der Waals surface area contributed by atoms with Crippen molar-refractivity contribution >= 4 is 27.5 Å². The highest BCUT2D eigenvalue weighted by molar-refractivity contribution is 9.10. The second kappa shape index (κ2) is 5.44. The molecule has 5 nitrogen and oxygen atoms in total. The molecule has 2 aromatic rings. The fourth-order valence-corrected chi connectivity index (χ4v) is 2.39. The maximum atomic E-state index is 7.46. The smallest absolute Gasteiger partial charge is 0.127 e. The monoisotopic (exact) mass is 321 g/mol. The maximum absolute atomic E-state index is 7.46. The number of hydrogen-bond acceptors (Lipinski definition) is 3. The van der Waals surface area contributed by atoms with Crippen molar-refractivity contribution in [3.05, 3.63) is 46.5 Å². The zero-order chi connectivity index (χ0) is 14.0. The molecule has 2 rings (SSSR count). The fraction of sp³-hybridized carbons (Fsp3) is 0.231. The molecule has 0 aliphatic carbocycles. The van der Waals surface area contributed by atoms with Gasteiger partial charge in [0.25, 0.3) is 0 Å². The van der Waals surface area contributed by atoms with Gasteiger partial charge in [-0.15, -0.1) is 0 Å². The zero-order valence-corrected chi connectivity index (χ0v) is 12.5. The van der Waals surface area contributed by atoms with Gasteiger partial charge in [-0.25, -0.2) is 4.98 Å². The van der Waals surface area contributed by atoms with Crippen LogP contribution in [0.15, 0.2) is 35.1 Å². The van der Waals surface area contributed by atoms with Crippen LogP contribution in [0.4, 0.5) is 5.69 Å². The molecule has 0 saturated carbocycles. The number of hydrogen-bond donors (Lipinski definition) is 2. The van der Waals surface area contributed by atoms with Gasteiger partial charge in [-0.05, 0) is 34.1 Å². The number of nitrogens with zero attached hydrogens (tertiary/aromatic N) is 3. The molecule has 6 heteroatoms. The van der Waals surface area contributed by atoms with Crippen molar-refractivity contribution in [3.63, 3.8) is 0 Å². The number of imidazole rings is 1. The van der Waals surface area contributed by atoms with Crippen LogP contribution in [0.5, 0.6) is 0 Å². The van der Waals surface area contributed by atoms with Crippen molar-refractivity contribution < 1.29 is 0 Å². The Balaban J connectivity index is 2.20. The minimum atomic E-state index is 0.0604. The number of aromatic nitrogens is 2. The van der Waals surface area contributed by atoms with Gasteiger partial charge >= 0.3 is 0 Å². The number of halogens is 1. The van der Waals surface area contributed by atoms with Crippen LogP contribution in [0.25, 0.3) is 0 Å². The van der Waals surface area contributed by atoms with Gasteiger partial charge in [0, 0.05) is 42.2 Å². The molecule has 0 aliphatic heterocycles. The summed E-state index contributed by atoms with van der Waals surface area (Å²) in [7, 11) is 3.98. The van der Waals surface area contributed by atoms with Crippen LogP contribution < -0.4 is 10.6 Å². The van der Waals surface area contributed by atoms with E-state index in [2.05, 4.69) is 25.8 Å². The minimum absolute atomic E-state index is 0.0604. The summed E-state index contributed by atoms with van der Waals surface area (Å²) in [6, 6.07) is 5.75. The van der Waals surface area contributed by atoms with Crippen LogP contribution in [0.3, 0.4) is 0 Å². The lowest BCUT2D eigenvalue weighted by molar-refractivity contribution is 0.761. The van der Waals surface area contributed by atoms with Crippen LogP contribution in [0.2, 0.25) is 0 Å². The number of nitrogens with one attached hydrogen (secondary N) is 1. The molecular formula is C13H16BrN5. The molecule has 3 N–H and O–H groups in total. The first-order chi connectivity index (χ1) is 8.99. The van der Waals surface area contributed by atoms with Gasteiger partial charge in [-0.3, -0.25) is 5.41 Å². The summed E-state index contributed by atoms with van der Waals surface area (Å²) in [5, 5.41) is 7.46. The Bertz CT molecular complexity index is 605. The van der Waals surface area contributed by atoms with Crippen molar-refractivity contribution in [3.8, 4) is 0 Å². The van der Waals surface area contributed by atoms with E-state index in [0.29, 0.717) is 5.56 Å². The Morgan fingerprint density at radius 1 is 1.53 bits per heavy atom. The third-order valence-corrected chi connectivity index (χ3v) is 3.64. The Hall–Kier alpha value is -1.82. The molecule has 0 radical (unpaired) electrons. The van der Waals surface area contributed by atoms with Gasteiger partial charge in [0.15, 0.2) is 0 Å². The molecule has 19 heavy (non-hydrogen) atoms. The zero-order valence-electron chi connectivity index (χ0n) is 10.9. The van der Waals surface area contributed by atoms with Gasteiger partial charge in [0.2, 0.25) is 0 Å². The van der Waals surface area contributed by atoms with Gasteiger partial charge < -0.3 is 15.2 Å². The molecule has 0 bridgehead atoms. The molecular weight excluding hydrogens is 306 g/mol. The van der Waals surface area contributed by atoms with Gasteiger partial charge in [0.05, 0.1) is 6.54 Å². The van der Waals surface area contributed by atoms with E-state index in [4.69, 9.17) is 11.1 Å². The van der Waals surface area contributed by atoms with E-state index in [1.807, 2.05) is 43.1 Å². The first-order valence-electron chi connectivity index (χ1n) is 5.80. The van der Waals surface area contributed by atoms with E-state index >= 15 is 0 Å². The summed E-state index contributed by atoms with van der Waals surface area (Å²) in [4.78, 5) is 6.40. The average Bonchev–Trinajstić information content (AvgIpc) is 2.74. The van der Waals surface area contributed by atoms with Crippen LogP contribution in [-0.4, -0.2) is 22.4 Å². The first kappa shape index (κ1) is 13.6. The Morgan fingerprint density at radius 2 is 2.26 bits per heavy atom. The highest BCUT2D eigenvalue weighted by Crippen LogP contribution is 2.24. The molecule has 0 aliphatic rings. The number of anilines is 1. The van der Waals surface area contributed by atoms with E-state index in [0.717, 1.165) is 22.5 Å². The molecule has 0 saturated heterocycles. The Labute approximate surface area is 120 Å². The number of rotatable bonds is 4. The predicted octanol–water partition coefficient (Wildman–Crippen LogP) is 2.10. The molecule has 0 amide bonds. The van der Waals surface area contributed by atoms with E-state index in [9.17, 15) is 0 Å². The number of aryl methyl sites for hydroxylation is 1. The average molecular weight is 322 g/mol. The molecule has 0 atom stereocenters. The Kier molecular flexibility index (Phi) is 3.90. The van der Waals surface area contributed by atoms with E-state index in [1.54, 1.807) is 6.20 Å². The lowest BCUT2D eigenvalue weighted by Gasteiger charge is -2.20. The lowest BCUT2D eigenvalue weighted by Crippen LogP contribution is -2.19. The molecule has 1 heterocycles. The number of nitrogen functional groups attached to an aromatic ring is 1. The van der Waals surface area contributed by atoms with Crippen molar-refractivity contribution in [1.82, 2.24) is 9.55 Å². The maximum Gasteiger partial charge on any atom is 0.127 e. The number of amidine groups is 1. The third-order valence-electron chi connectivity index (χ3n) is 2.98. The third kappa shape index (κ3) is 2.96. The Morgan fingerprint density at radius 3 is 2.79 bits per heavy atom. The summed E-state index contributed by atoms with van der Waals surface area (Å²) in [6.07, 6.45) is 3.72. The van der Waals surface area contributed by atoms with Crippen molar-refractivity contribution in [1.29, 1.82) is 5.41 Å². The van der Waals surface area contributed by atoms with Crippen LogP contribution in [0, 0.1) is 5.41 Å². The molecule has 100 valence electrons. The SMILES string of the molecule is CN(Cc1nccn1C)c1ccc(C(=N)N)c(Br)c1. The number of nitrogens with two attached hydrogens (primary N) is 1. The lowest BCUT2D eigenvalue weighted by atomic mass is 10.2. The van der Waals surface area contributed by atoms with Crippen molar-refractivity contribution in [2.45, 2.75) is 6.54 Å². The fourth-order valence-electron chi connectivity index (χ4n) is 1.81. The summed E-state index contributed by atoms with van der Waals surface area (Å²) < 4.78 is 2.82.